The molecule has 0 spiro atoms. The fourth-order valence-electron chi connectivity index (χ4n) is 4.81. The second-order valence-corrected chi connectivity index (χ2v) is 10.1. The van der Waals surface area contributed by atoms with Crippen LogP contribution in [0, 0.1) is 0 Å². The summed E-state index contributed by atoms with van der Waals surface area (Å²) in [6, 6.07) is 8.85. The van der Waals surface area contributed by atoms with Gasteiger partial charge in [0, 0.05) is 31.5 Å². The molecular formula is C29H30O12. The summed E-state index contributed by atoms with van der Waals surface area (Å²) in [7, 11) is 0. The lowest BCUT2D eigenvalue weighted by Gasteiger charge is -2.41. The van der Waals surface area contributed by atoms with Crippen molar-refractivity contribution in [2.24, 2.45) is 0 Å². The Morgan fingerprint density at radius 1 is 0.951 bits per heavy atom. The fraction of sp³-hybridized carbons (Fsp3) is 0.414. The Morgan fingerprint density at radius 2 is 1.61 bits per heavy atom. The summed E-state index contributed by atoms with van der Waals surface area (Å²) in [6.07, 6.45) is -3.56. The lowest BCUT2D eigenvalue weighted by molar-refractivity contribution is -0.277. The molecule has 1 saturated carbocycles. The number of benzene rings is 2. The normalized spacial score (nSPS) is 24.3. The highest BCUT2D eigenvalue weighted by atomic mass is 16.7. The molecule has 2 aliphatic rings. The van der Waals surface area contributed by atoms with Crippen molar-refractivity contribution in [1.82, 2.24) is 0 Å². The molecule has 218 valence electrons. The van der Waals surface area contributed by atoms with Crippen molar-refractivity contribution in [3.05, 3.63) is 46.6 Å². The average Bonchev–Trinajstić information content (AvgIpc) is 2.87. The van der Waals surface area contributed by atoms with E-state index in [0.29, 0.717) is 11.3 Å². The summed E-state index contributed by atoms with van der Waals surface area (Å²) in [4.78, 5) is 37.3. The number of hydrogen-bond donors (Lipinski definition) is 3. The number of hydrogen-bond acceptors (Lipinski definition) is 12. The number of esters is 2. The van der Waals surface area contributed by atoms with Crippen LogP contribution in [0.3, 0.4) is 0 Å². The van der Waals surface area contributed by atoms with Crippen LogP contribution in [0.25, 0.3) is 22.3 Å². The Bertz CT molecular complexity index is 1510. The van der Waals surface area contributed by atoms with Crippen molar-refractivity contribution >= 4 is 22.9 Å². The van der Waals surface area contributed by atoms with Gasteiger partial charge in [-0.3, -0.25) is 14.4 Å². The molecule has 3 unspecified atom stereocenters. The quantitative estimate of drug-likeness (QED) is 0.355. The van der Waals surface area contributed by atoms with E-state index in [4.69, 9.17) is 28.1 Å². The number of aliphatic hydroxyl groups excluding tert-OH is 1. The lowest BCUT2D eigenvalue weighted by atomic mass is 9.96. The smallest absolute Gasteiger partial charge is 0.303 e. The minimum Gasteiger partial charge on any atom is -0.508 e. The molecule has 5 rings (SSSR count). The van der Waals surface area contributed by atoms with Crippen LogP contribution < -0.4 is 14.9 Å². The predicted octanol–water partition coefficient (Wildman–Crippen LogP) is 3.15. The van der Waals surface area contributed by atoms with E-state index in [2.05, 4.69) is 0 Å². The summed E-state index contributed by atoms with van der Waals surface area (Å²) in [5.41, 5.74) is -0.550. The number of rotatable bonds is 7. The van der Waals surface area contributed by atoms with Crippen LogP contribution in [0.15, 0.2) is 45.6 Å². The minimum atomic E-state index is -1.57. The maximum absolute atomic E-state index is 13.7. The molecule has 3 N–H and O–H groups in total. The van der Waals surface area contributed by atoms with Crippen LogP contribution >= 0.6 is 0 Å². The third-order valence-electron chi connectivity index (χ3n) is 6.98. The standard InChI is InChI=1S/C29H30O12/c1-13-25(37-14(2)30)24(35)28(38-15(3)31)29(36-13)41-27-23(34)22-20(33)11-17(32)12-21(22)40-26(27)16-7-9-19(10-8-16)39-18-5-4-6-18/h7-13,18,24-25,28-29,32-33,35H,4-6H2,1-3H3/t13?,24?,25-,28?,29-/m1/s1. The maximum Gasteiger partial charge on any atom is 0.303 e. The van der Waals surface area contributed by atoms with Gasteiger partial charge in [-0.05, 0) is 50.5 Å². The van der Waals surface area contributed by atoms with E-state index in [0.717, 1.165) is 39.2 Å². The fourth-order valence-corrected chi connectivity index (χ4v) is 4.81. The largest absolute Gasteiger partial charge is 0.508 e. The lowest BCUT2D eigenvalue weighted by Crippen LogP contribution is -2.60. The summed E-state index contributed by atoms with van der Waals surface area (Å²) >= 11 is 0. The van der Waals surface area contributed by atoms with Gasteiger partial charge >= 0.3 is 11.9 Å². The molecule has 2 fully saturated rings. The van der Waals surface area contributed by atoms with Crippen LogP contribution in [0.5, 0.6) is 23.0 Å². The van der Waals surface area contributed by atoms with E-state index >= 15 is 0 Å². The van der Waals surface area contributed by atoms with Crippen LogP contribution in [0.4, 0.5) is 0 Å². The highest BCUT2D eigenvalue weighted by molar-refractivity contribution is 5.88. The van der Waals surface area contributed by atoms with Crippen molar-refractivity contribution in [2.45, 2.75) is 76.8 Å². The second-order valence-electron chi connectivity index (χ2n) is 10.1. The van der Waals surface area contributed by atoms with E-state index in [1.54, 1.807) is 24.3 Å². The Balaban J connectivity index is 1.58. The zero-order valence-corrected chi connectivity index (χ0v) is 22.6. The molecule has 12 heteroatoms. The highest BCUT2D eigenvalue weighted by Crippen LogP contribution is 2.38. The predicted molar refractivity (Wildman–Crippen MR) is 142 cm³/mol. The van der Waals surface area contributed by atoms with Crippen LogP contribution in [-0.4, -0.2) is 64.1 Å². The van der Waals surface area contributed by atoms with E-state index in [9.17, 15) is 29.7 Å². The van der Waals surface area contributed by atoms with Gasteiger partial charge in [-0.2, -0.15) is 0 Å². The molecule has 3 aromatic rings. The summed E-state index contributed by atoms with van der Waals surface area (Å²) < 4.78 is 34.1. The van der Waals surface area contributed by atoms with Gasteiger partial charge in [0.1, 0.15) is 34.3 Å². The Hall–Kier alpha value is -4.29. The zero-order valence-electron chi connectivity index (χ0n) is 22.6. The van der Waals surface area contributed by atoms with Gasteiger partial charge in [-0.1, -0.05) is 0 Å². The van der Waals surface area contributed by atoms with Gasteiger partial charge in [-0.15, -0.1) is 0 Å². The first kappa shape index (κ1) is 28.2. The van der Waals surface area contributed by atoms with Crippen molar-refractivity contribution in [2.75, 3.05) is 0 Å². The molecule has 0 bridgehead atoms. The van der Waals surface area contributed by atoms with Gasteiger partial charge < -0.3 is 43.4 Å². The number of carbonyl (C=O) groups is 2. The van der Waals surface area contributed by atoms with Crippen LogP contribution in [0.2, 0.25) is 0 Å². The number of phenols is 2. The number of ether oxygens (including phenoxy) is 5. The molecule has 2 heterocycles. The summed E-state index contributed by atoms with van der Waals surface area (Å²) in [5.74, 6) is -2.25. The van der Waals surface area contributed by atoms with Gasteiger partial charge in [0.25, 0.3) is 0 Å². The minimum absolute atomic E-state index is 0.0860. The topological polar surface area (TPSA) is 171 Å². The van der Waals surface area contributed by atoms with E-state index < -0.39 is 59.6 Å². The molecule has 5 atom stereocenters. The van der Waals surface area contributed by atoms with Gasteiger partial charge in [0.05, 0.1) is 12.2 Å². The van der Waals surface area contributed by atoms with Crippen molar-refractivity contribution in [3.8, 4) is 34.3 Å². The van der Waals surface area contributed by atoms with E-state index in [1.165, 1.54) is 13.0 Å². The number of fused-ring (bicyclic) bond motifs is 1. The first-order valence-electron chi connectivity index (χ1n) is 13.2. The van der Waals surface area contributed by atoms with Crippen molar-refractivity contribution in [1.29, 1.82) is 0 Å². The van der Waals surface area contributed by atoms with E-state index in [1.807, 2.05) is 0 Å². The van der Waals surface area contributed by atoms with Crippen LogP contribution in [0.1, 0.15) is 40.0 Å². The third kappa shape index (κ3) is 5.79. The average molecular weight is 571 g/mol. The van der Waals surface area contributed by atoms with Gasteiger partial charge in [-0.25, -0.2) is 0 Å². The molecule has 0 radical (unpaired) electrons. The number of phenolic OH excluding ortho intramolecular Hbond substituents is 2. The molecule has 1 aromatic heterocycles. The second kappa shape index (κ2) is 11.3. The number of carbonyl (C=O) groups excluding carboxylic acids is 2. The van der Waals surface area contributed by atoms with E-state index in [-0.39, 0.29) is 28.6 Å². The van der Waals surface area contributed by atoms with Crippen LogP contribution in [-0.2, 0) is 23.8 Å². The first-order chi connectivity index (χ1) is 19.5. The molecular weight excluding hydrogens is 540 g/mol. The molecule has 1 aliphatic carbocycles. The Labute approximate surface area is 234 Å². The SMILES string of the molecule is CC(=O)OC1C(O)[C@H](OC(C)=O)C(C)O[C@@H]1Oc1c(-c2ccc(OC3CCC3)cc2)oc2cc(O)cc(O)c2c1=O. The molecule has 0 amide bonds. The molecule has 12 nitrogen and oxygen atoms in total. The summed E-state index contributed by atoms with van der Waals surface area (Å²) in [5, 5.41) is 31.2. The van der Waals surface area contributed by atoms with Crippen molar-refractivity contribution in [3.63, 3.8) is 0 Å². The van der Waals surface area contributed by atoms with Gasteiger partial charge in [0.2, 0.25) is 17.5 Å². The third-order valence-corrected chi connectivity index (χ3v) is 6.98. The van der Waals surface area contributed by atoms with Crippen molar-refractivity contribution < 1.29 is 53.0 Å². The Kier molecular flexibility index (Phi) is 7.78. The Morgan fingerprint density at radius 3 is 2.22 bits per heavy atom. The first-order valence-corrected chi connectivity index (χ1v) is 13.2. The maximum atomic E-state index is 13.7. The molecule has 1 saturated heterocycles. The number of aromatic hydroxyl groups is 2. The van der Waals surface area contributed by atoms with Gasteiger partial charge in [0.15, 0.2) is 18.0 Å². The monoisotopic (exact) mass is 570 g/mol. The molecule has 41 heavy (non-hydrogen) atoms. The molecule has 2 aromatic carbocycles. The zero-order chi connectivity index (χ0) is 29.4. The highest BCUT2D eigenvalue weighted by Gasteiger charge is 2.49. The number of aliphatic hydroxyl groups is 1. The molecule has 1 aliphatic heterocycles. The summed E-state index contributed by atoms with van der Waals surface area (Å²) in [6.45, 7) is 3.77.